The highest BCUT2D eigenvalue weighted by atomic mass is 32.2. The van der Waals surface area contributed by atoms with Gasteiger partial charge in [-0.3, -0.25) is 4.98 Å². The zero-order valence-electron chi connectivity index (χ0n) is 22.3. The molecule has 0 fully saturated rings. The molecule has 0 aliphatic rings. The van der Waals surface area contributed by atoms with Crippen molar-refractivity contribution < 1.29 is 18.3 Å². The van der Waals surface area contributed by atoms with E-state index in [2.05, 4.69) is 36.2 Å². The Morgan fingerprint density at radius 2 is 1.44 bits per heavy atom. The van der Waals surface area contributed by atoms with Crippen LogP contribution in [0.3, 0.4) is 0 Å². The summed E-state index contributed by atoms with van der Waals surface area (Å²) >= 11 is 0. The van der Waals surface area contributed by atoms with E-state index in [4.69, 9.17) is 4.74 Å². The van der Waals surface area contributed by atoms with E-state index in [-0.39, 0.29) is 17.3 Å². The second-order valence-corrected chi connectivity index (χ2v) is 11.7. The van der Waals surface area contributed by atoms with Gasteiger partial charge >= 0.3 is 0 Å². The van der Waals surface area contributed by atoms with Gasteiger partial charge < -0.3 is 9.84 Å². The van der Waals surface area contributed by atoms with Crippen molar-refractivity contribution in [3.8, 4) is 11.5 Å². The van der Waals surface area contributed by atoms with Crippen LogP contribution in [0, 0.1) is 0 Å². The molecule has 0 unspecified atom stereocenters. The molecule has 6 heteroatoms. The number of unbranched alkanes of at least 4 members (excludes halogenated alkanes) is 2. The molecule has 0 radical (unpaired) electrons. The summed E-state index contributed by atoms with van der Waals surface area (Å²) in [5.41, 5.74) is 6.23. The highest BCUT2D eigenvalue weighted by Crippen LogP contribution is 2.35. The average Bonchev–Trinajstić information content (AvgIpc) is 2.95. The smallest absolute Gasteiger partial charge is 0.156 e. The molecule has 3 aromatic carbocycles. The van der Waals surface area contributed by atoms with Crippen molar-refractivity contribution in [3.63, 3.8) is 0 Å². The SMILES string of the molecule is CC/C(=C(/c1ccc(O)cc1)c1ccc(OCCCCCS(=O)(=O)Cc2ccccn2)cc1)c1ccccc1. The Morgan fingerprint density at radius 3 is 2.08 bits per heavy atom. The number of rotatable bonds is 13. The van der Waals surface area contributed by atoms with Gasteiger partial charge in [-0.2, -0.15) is 0 Å². The number of hydrogen-bond donors (Lipinski definition) is 1. The molecule has 0 saturated carbocycles. The Morgan fingerprint density at radius 1 is 0.769 bits per heavy atom. The normalized spacial score (nSPS) is 12.1. The molecule has 0 bridgehead atoms. The van der Waals surface area contributed by atoms with Crippen LogP contribution in [0.2, 0.25) is 0 Å². The van der Waals surface area contributed by atoms with Crippen molar-refractivity contribution in [1.82, 2.24) is 4.98 Å². The van der Waals surface area contributed by atoms with Crippen LogP contribution in [0.4, 0.5) is 0 Å². The minimum atomic E-state index is -3.16. The number of hydrogen-bond acceptors (Lipinski definition) is 5. The van der Waals surface area contributed by atoms with E-state index in [1.165, 1.54) is 11.1 Å². The van der Waals surface area contributed by atoms with Crippen molar-refractivity contribution in [2.75, 3.05) is 12.4 Å². The topological polar surface area (TPSA) is 76.5 Å². The highest BCUT2D eigenvalue weighted by molar-refractivity contribution is 7.90. The summed E-state index contributed by atoms with van der Waals surface area (Å²) in [4.78, 5) is 4.11. The quantitative estimate of drug-likeness (QED) is 0.142. The van der Waals surface area contributed by atoms with Gasteiger partial charge in [-0.05, 0) is 89.9 Å². The van der Waals surface area contributed by atoms with Gasteiger partial charge in [0.2, 0.25) is 0 Å². The summed E-state index contributed by atoms with van der Waals surface area (Å²) in [5.74, 6) is 1.17. The third-order valence-electron chi connectivity index (χ3n) is 6.54. The predicted octanol–water partition coefficient (Wildman–Crippen LogP) is 7.32. The molecule has 4 aromatic rings. The lowest BCUT2D eigenvalue weighted by atomic mass is 9.88. The first-order valence-corrected chi connectivity index (χ1v) is 15.2. The van der Waals surface area contributed by atoms with E-state index < -0.39 is 9.84 Å². The average molecular weight is 542 g/mol. The van der Waals surface area contributed by atoms with Crippen molar-refractivity contribution in [1.29, 1.82) is 0 Å². The summed E-state index contributed by atoms with van der Waals surface area (Å²) in [7, 11) is -3.16. The van der Waals surface area contributed by atoms with Gasteiger partial charge in [0.15, 0.2) is 9.84 Å². The van der Waals surface area contributed by atoms with Gasteiger partial charge in [-0.25, -0.2) is 8.42 Å². The maximum atomic E-state index is 12.3. The predicted molar refractivity (Wildman–Crippen MR) is 158 cm³/mol. The third kappa shape index (κ3) is 8.29. The molecule has 4 rings (SSSR count). The molecule has 5 nitrogen and oxygen atoms in total. The van der Waals surface area contributed by atoms with Crippen LogP contribution in [0.1, 0.15) is 55.0 Å². The first-order valence-electron chi connectivity index (χ1n) is 13.4. The van der Waals surface area contributed by atoms with Crippen molar-refractivity contribution in [2.45, 2.75) is 38.4 Å². The van der Waals surface area contributed by atoms with Crippen LogP contribution in [0.25, 0.3) is 11.1 Å². The van der Waals surface area contributed by atoms with Gasteiger partial charge in [0, 0.05) is 6.20 Å². The number of phenols is 1. The maximum absolute atomic E-state index is 12.3. The standard InChI is InChI=1S/C33H35NO4S/c1-2-32(26-11-5-3-6-12-26)33(27-14-18-30(35)19-15-27)28-16-20-31(21-17-28)38-23-9-4-10-24-39(36,37)25-29-13-7-8-22-34-29/h3,5-8,11-22,35H,2,4,9-10,23-25H2,1H3/b33-32+. The summed E-state index contributed by atoms with van der Waals surface area (Å²) in [6, 6.07) is 31.1. The van der Waals surface area contributed by atoms with E-state index in [0.717, 1.165) is 41.7 Å². The minimum absolute atomic E-state index is 0.0126. The molecule has 0 aliphatic heterocycles. The van der Waals surface area contributed by atoms with Crippen molar-refractivity contribution >= 4 is 21.0 Å². The zero-order valence-corrected chi connectivity index (χ0v) is 23.1. The fourth-order valence-corrected chi connectivity index (χ4v) is 6.01. The van der Waals surface area contributed by atoms with Crippen LogP contribution in [0.5, 0.6) is 11.5 Å². The molecule has 1 aromatic heterocycles. The first kappa shape index (κ1) is 28.1. The highest BCUT2D eigenvalue weighted by Gasteiger charge is 2.14. The number of allylic oxidation sites excluding steroid dienone is 1. The number of aromatic hydroxyl groups is 1. The lowest BCUT2D eigenvalue weighted by Gasteiger charge is -2.17. The lowest BCUT2D eigenvalue weighted by molar-refractivity contribution is 0.306. The Labute approximate surface area is 231 Å². The second kappa shape index (κ2) is 13.8. The summed E-state index contributed by atoms with van der Waals surface area (Å²) in [6.45, 7) is 2.69. The van der Waals surface area contributed by atoms with E-state index >= 15 is 0 Å². The molecule has 1 N–H and O–H groups in total. The van der Waals surface area contributed by atoms with E-state index in [9.17, 15) is 13.5 Å². The molecule has 202 valence electrons. The number of aromatic nitrogens is 1. The number of pyridine rings is 1. The molecule has 39 heavy (non-hydrogen) atoms. The molecule has 0 aliphatic carbocycles. The molecule has 0 atom stereocenters. The van der Waals surface area contributed by atoms with Gasteiger partial charge in [0.1, 0.15) is 11.5 Å². The Bertz CT molecular complexity index is 1450. The molecule has 0 spiro atoms. The Balaban J connectivity index is 1.36. The van der Waals surface area contributed by atoms with E-state index in [1.807, 2.05) is 42.5 Å². The van der Waals surface area contributed by atoms with Gasteiger partial charge in [-0.15, -0.1) is 0 Å². The van der Waals surface area contributed by atoms with E-state index in [1.54, 1.807) is 36.5 Å². The number of nitrogens with zero attached hydrogens (tertiary/aromatic N) is 1. The number of ether oxygens (including phenoxy) is 1. The Hall–Kier alpha value is -3.90. The first-order chi connectivity index (χ1) is 18.9. The lowest BCUT2D eigenvalue weighted by Crippen LogP contribution is -2.10. The maximum Gasteiger partial charge on any atom is 0.156 e. The monoisotopic (exact) mass is 541 g/mol. The Kier molecular flexibility index (Phi) is 9.92. The largest absolute Gasteiger partial charge is 0.508 e. The van der Waals surface area contributed by atoms with Crippen LogP contribution in [-0.4, -0.2) is 30.9 Å². The molecule has 1 heterocycles. The van der Waals surface area contributed by atoms with Gasteiger partial charge in [0.25, 0.3) is 0 Å². The van der Waals surface area contributed by atoms with Gasteiger partial charge in [-0.1, -0.05) is 67.6 Å². The van der Waals surface area contributed by atoms with Crippen molar-refractivity contribution in [2.24, 2.45) is 0 Å². The van der Waals surface area contributed by atoms with Crippen molar-refractivity contribution in [3.05, 3.63) is 126 Å². The fraction of sp³-hybridized carbons (Fsp3) is 0.242. The molecular weight excluding hydrogens is 506 g/mol. The number of benzene rings is 3. The molecular formula is C33H35NO4S. The molecule has 0 amide bonds. The number of phenolic OH excluding ortho intramolecular Hbond substituents is 1. The minimum Gasteiger partial charge on any atom is -0.508 e. The summed E-state index contributed by atoms with van der Waals surface area (Å²) in [5, 5.41) is 9.83. The summed E-state index contributed by atoms with van der Waals surface area (Å²) in [6.07, 6.45) is 4.65. The zero-order chi connectivity index (χ0) is 27.5. The second-order valence-electron chi connectivity index (χ2n) is 9.47. The van der Waals surface area contributed by atoms with Crippen LogP contribution in [-0.2, 0) is 15.6 Å². The van der Waals surface area contributed by atoms with Gasteiger partial charge in [0.05, 0.1) is 23.8 Å². The van der Waals surface area contributed by atoms with Crippen LogP contribution in [0.15, 0.2) is 103 Å². The third-order valence-corrected chi connectivity index (χ3v) is 8.19. The summed E-state index contributed by atoms with van der Waals surface area (Å²) < 4.78 is 30.6. The molecule has 0 saturated heterocycles. The number of sulfone groups is 1. The van der Waals surface area contributed by atoms with E-state index in [0.29, 0.717) is 18.7 Å². The fourth-order valence-electron chi connectivity index (χ4n) is 4.60. The van der Waals surface area contributed by atoms with Crippen LogP contribution < -0.4 is 4.74 Å². The van der Waals surface area contributed by atoms with Crippen LogP contribution >= 0.6 is 0 Å².